The van der Waals surface area contributed by atoms with E-state index in [0.29, 0.717) is 5.76 Å². The molecule has 4 aromatic rings. The highest BCUT2D eigenvalue weighted by Gasteiger charge is 2.27. The number of ether oxygens (including phenoxy) is 2. The summed E-state index contributed by atoms with van der Waals surface area (Å²) in [7, 11) is 0. The van der Waals surface area contributed by atoms with Crippen molar-refractivity contribution in [1.29, 1.82) is 5.26 Å². The second kappa shape index (κ2) is 8.05. The zero-order valence-corrected chi connectivity index (χ0v) is 18.5. The van der Waals surface area contributed by atoms with E-state index in [1.807, 2.05) is 29.8 Å². The first-order valence-corrected chi connectivity index (χ1v) is 11.4. The summed E-state index contributed by atoms with van der Waals surface area (Å²) >= 11 is 0. The minimum Gasteiger partial charge on any atom is -0.486 e. The molecule has 1 aliphatic carbocycles. The smallest absolute Gasteiger partial charge is 0.181 e. The van der Waals surface area contributed by atoms with E-state index in [1.54, 1.807) is 6.20 Å². The van der Waals surface area contributed by atoms with Crippen LogP contribution in [0.25, 0.3) is 22.4 Å². The molecule has 2 aromatic heterocycles. The average molecular weight is 441 g/mol. The standard InChI is InChI=1S/C26H24N4O3/c1-16-10-20-17(11-18(16)13-27)5-8-23(20)33-19-6-7-22-21(12-19)26(24-14-28-15-32-24)29-30(22)25-4-2-3-9-31-25/h6-7,10-12,14-15,23,25H,2-5,8-9H2,1H3. The summed E-state index contributed by atoms with van der Waals surface area (Å²) in [6, 6.07) is 12.5. The predicted octanol–water partition coefficient (Wildman–Crippen LogP) is 5.64. The van der Waals surface area contributed by atoms with E-state index in [9.17, 15) is 5.26 Å². The minimum atomic E-state index is -0.0799. The van der Waals surface area contributed by atoms with E-state index >= 15 is 0 Å². The quantitative estimate of drug-likeness (QED) is 0.408. The van der Waals surface area contributed by atoms with Gasteiger partial charge in [0.25, 0.3) is 0 Å². The van der Waals surface area contributed by atoms with Crippen molar-refractivity contribution in [3.05, 3.63) is 65.2 Å². The van der Waals surface area contributed by atoms with Crippen LogP contribution in [0.15, 0.2) is 47.3 Å². The van der Waals surface area contributed by atoms with Gasteiger partial charge in [-0.2, -0.15) is 10.4 Å². The van der Waals surface area contributed by atoms with Gasteiger partial charge in [0.2, 0.25) is 0 Å². The van der Waals surface area contributed by atoms with Crippen LogP contribution in [0.5, 0.6) is 5.75 Å². The number of fused-ring (bicyclic) bond motifs is 2. The number of oxazole rings is 1. The fourth-order valence-corrected chi connectivity index (χ4v) is 4.98. The van der Waals surface area contributed by atoms with Crippen molar-refractivity contribution >= 4 is 10.9 Å². The molecule has 2 unspecified atom stereocenters. The first kappa shape index (κ1) is 20.0. The third kappa shape index (κ3) is 3.47. The Morgan fingerprint density at radius 2 is 2.12 bits per heavy atom. The van der Waals surface area contributed by atoms with Crippen molar-refractivity contribution in [1.82, 2.24) is 14.8 Å². The number of rotatable bonds is 4. The molecule has 0 radical (unpaired) electrons. The number of aryl methyl sites for hydroxylation is 2. The largest absolute Gasteiger partial charge is 0.486 e. The number of hydrogen-bond acceptors (Lipinski definition) is 6. The molecule has 1 aliphatic heterocycles. The van der Waals surface area contributed by atoms with Crippen LogP contribution in [0.1, 0.15) is 60.3 Å². The monoisotopic (exact) mass is 440 g/mol. The SMILES string of the molecule is Cc1cc2c(cc1C#N)CCC2Oc1ccc2c(c1)c(-c1cnco1)nn2C1CCCCO1. The molecule has 1 fully saturated rings. The first-order valence-electron chi connectivity index (χ1n) is 11.4. The van der Waals surface area contributed by atoms with Gasteiger partial charge in [0.05, 0.1) is 23.3 Å². The fraction of sp³-hybridized carbons (Fsp3) is 0.346. The third-order valence-corrected chi connectivity index (χ3v) is 6.68. The number of aromatic nitrogens is 3. The van der Waals surface area contributed by atoms with E-state index in [2.05, 4.69) is 23.2 Å². The van der Waals surface area contributed by atoms with E-state index in [4.69, 9.17) is 19.0 Å². The summed E-state index contributed by atoms with van der Waals surface area (Å²) in [5.41, 5.74) is 5.83. The van der Waals surface area contributed by atoms with Crippen LogP contribution in [0, 0.1) is 18.3 Å². The predicted molar refractivity (Wildman–Crippen MR) is 122 cm³/mol. The maximum atomic E-state index is 9.34. The van der Waals surface area contributed by atoms with Gasteiger partial charge in [-0.25, -0.2) is 9.67 Å². The first-order chi connectivity index (χ1) is 16.2. The minimum absolute atomic E-state index is 0.0330. The van der Waals surface area contributed by atoms with Gasteiger partial charge in [-0.3, -0.25) is 0 Å². The maximum absolute atomic E-state index is 9.34. The van der Waals surface area contributed by atoms with Crippen LogP contribution in [0.4, 0.5) is 0 Å². The Morgan fingerprint density at radius 3 is 2.91 bits per heavy atom. The third-order valence-electron chi connectivity index (χ3n) is 6.68. The van der Waals surface area contributed by atoms with Crippen LogP contribution >= 0.6 is 0 Å². The molecule has 166 valence electrons. The number of nitrogens with zero attached hydrogens (tertiary/aromatic N) is 4. The zero-order valence-electron chi connectivity index (χ0n) is 18.5. The highest BCUT2D eigenvalue weighted by molar-refractivity contribution is 5.93. The van der Waals surface area contributed by atoms with E-state index < -0.39 is 0 Å². The van der Waals surface area contributed by atoms with Gasteiger partial charge in [0.1, 0.15) is 17.5 Å². The summed E-state index contributed by atoms with van der Waals surface area (Å²) in [5.74, 6) is 1.41. The molecule has 0 bridgehead atoms. The maximum Gasteiger partial charge on any atom is 0.181 e. The lowest BCUT2D eigenvalue weighted by Gasteiger charge is -2.23. The summed E-state index contributed by atoms with van der Waals surface area (Å²) in [4.78, 5) is 4.08. The normalized spacial score (nSPS) is 20.0. The van der Waals surface area contributed by atoms with Crippen molar-refractivity contribution in [3.8, 4) is 23.3 Å². The second-order valence-corrected chi connectivity index (χ2v) is 8.78. The fourth-order valence-electron chi connectivity index (χ4n) is 4.98. The van der Waals surface area contributed by atoms with Gasteiger partial charge in [-0.05, 0) is 80.0 Å². The van der Waals surface area contributed by atoms with Gasteiger partial charge in [-0.1, -0.05) is 6.07 Å². The molecule has 1 saturated heterocycles. The highest BCUT2D eigenvalue weighted by atomic mass is 16.5. The number of hydrogen-bond donors (Lipinski definition) is 0. The van der Waals surface area contributed by atoms with Crippen LogP contribution in [0.2, 0.25) is 0 Å². The molecule has 3 heterocycles. The van der Waals surface area contributed by atoms with Crippen LogP contribution in [-0.4, -0.2) is 21.4 Å². The zero-order chi connectivity index (χ0) is 22.4. The number of benzene rings is 2. The molecule has 0 N–H and O–H groups in total. The van der Waals surface area contributed by atoms with Crippen molar-refractivity contribution in [2.24, 2.45) is 0 Å². The molecular formula is C26H24N4O3. The molecule has 7 nitrogen and oxygen atoms in total. The Morgan fingerprint density at radius 1 is 1.18 bits per heavy atom. The summed E-state index contributed by atoms with van der Waals surface area (Å²) in [6.45, 7) is 2.73. The van der Waals surface area contributed by atoms with Crippen molar-refractivity contribution in [3.63, 3.8) is 0 Å². The molecular weight excluding hydrogens is 416 g/mol. The summed E-state index contributed by atoms with van der Waals surface area (Å²) < 4.78 is 20.0. The van der Waals surface area contributed by atoms with Crippen LogP contribution in [-0.2, 0) is 11.2 Å². The highest BCUT2D eigenvalue weighted by Crippen LogP contribution is 2.39. The Kier molecular flexibility index (Phi) is 4.88. The van der Waals surface area contributed by atoms with Crippen LogP contribution < -0.4 is 4.74 Å². The van der Waals surface area contributed by atoms with Gasteiger partial charge in [-0.15, -0.1) is 0 Å². The lowest BCUT2D eigenvalue weighted by Crippen LogP contribution is -2.19. The second-order valence-electron chi connectivity index (χ2n) is 8.78. The molecule has 0 amide bonds. The van der Waals surface area contributed by atoms with Crippen molar-refractivity contribution in [2.75, 3.05) is 6.61 Å². The Labute approximate surface area is 191 Å². The molecule has 7 heteroatoms. The molecule has 33 heavy (non-hydrogen) atoms. The van der Waals surface area contributed by atoms with E-state index in [1.165, 1.54) is 17.5 Å². The van der Waals surface area contributed by atoms with Crippen molar-refractivity contribution in [2.45, 2.75) is 51.4 Å². The van der Waals surface area contributed by atoms with Gasteiger partial charge >= 0.3 is 0 Å². The Bertz CT molecular complexity index is 1360. The molecule has 2 aliphatic rings. The molecule has 2 aromatic carbocycles. The Hall–Kier alpha value is -3.63. The molecule has 0 spiro atoms. The Balaban J connectivity index is 1.38. The van der Waals surface area contributed by atoms with Crippen molar-refractivity contribution < 1.29 is 13.9 Å². The van der Waals surface area contributed by atoms with Gasteiger partial charge in [0, 0.05) is 12.0 Å². The topological polar surface area (TPSA) is 86.1 Å². The van der Waals surface area contributed by atoms with Gasteiger partial charge in [0.15, 0.2) is 18.4 Å². The van der Waals surface area contributed by atoms with Gasteiger partial charge < -0.3 is 13.9 Å². The lowest BCUT2D eigenvalue weighted by molar-refractivity contribution is -0.0365. The summed E-state index contributed by atoms with van der Waals surface area (Å²) in [5, 5.41) is 15.2. The average Bonchev–Trinajstić information content (AvgIpc) is 3.58. The number of nitriles is 1. The molecule has 6 rings (SSSR count). The lowest BCUT2D eigenvalue weighted by atomic mass is 10.0. The molecule has 2 atom stereocenters. The van der Waals surface area contributed by atoms with E-state index in [-0.39, 0.29) is 12.3 Å². The summed E-state index contributed by atoms with van der Waals surface area (Å²) in [6.07, 6.45) is 7.95. The molecule has 0 saturated carbocycles. The van der Waals surface area contributed by atoms with Crippen LogP contribution in [0.3, 0.4) is 0 Å². The van der Waals surface area contributed by atoms with E-state index in [0.717, 1.165) is 72.2 Å².